The summed E-state index contributed by atoms with van der Waals surface area (Å²) < 4.78 is 5.63. The molecule has 0 bridgehead atoms. The van der Waals surface area contributed by atoms with Crippen molar-refractivity contribution in [3.8, 4) is 0 Å². The van der Waals surface area contributed by atoms with E-state index in [0.717, 1.165) is 80.0 Å². The molecule has 1 aromatic heterocycles. The Labute approximate surface area is 219 Å². The van der Waals surface area contributed by atoms with Gasteiger partial charge in [-0.2, -0.15) is 0 Å². The van der Waals surface area contributed by atoms with Gasteiger partial charge in [-0.05, 0) is 81.5 Å². The number of anilines is 3. The number of amides is 3. The predicted octanol–water partition coefficient (Wildman–Crippen LogP) is 6.97. The van der Waals surface area contributed by atoms with Gasteiger partial charge in [0.05, 0.1) is 24.1 Å². The fourth-order valence-electron chi connectivity index (χ4n) is 4.79. The van der Waals surface area contributed by atoms with Gasteiger partial charge in [-0.3, -0.25) is 4.79 Å². The summed E-state index contributed by atoms with van der Waals surface area (Å²) in [5.41, 5.74) is 4.95. The molecule has 0 unspecified atom stereocenters. The third-order valence-electron chi connectivity index (χ3n) is 6.81. The first kappa shape index (κ1) is 26.3. The van der Waals surface area contributed by atoms with Crippen molar-refractivity contribution in [1.82, 2.24) is 4.90 Å². The van der Waals surface area contributed by atoms with Gasteiger partial charge in [0.2, 0.25) is 0 Å². The average molecular weight is 503 g/mol. The number of hydrogen-bond donors (Lipinski definition) is 2. The number of nitrogens with zero attached hydrogens (tertiary/aromatic N) is 2. The van der Waals surface area contributed by atoms with Crippen LogP contribution < -0.4 is 15.5 Å². The summed E-state index contributed by atoms with van der Waals surface area (Å²) in [4.78, 5) is 30.7. The smallest absolute Gasteiger partial charge is 0.323 e. The first-order valence-corrected chi connectivity index (χ1v) is 13.3. The fraction of sp³-hybridized carbons (Fsp3) is 0.400. The Bertz CT molecular complexity index is 1200. The van der Waals surface area contributed by atoms with Gasteiger partial charge in [0, 0.05) is 31.0 Å². The maximum Gasteiger partial charge on any atom is 0.323 e. The lowest BCUT2D eigenvalue weighted by atomic mass is 10.1. The molecule has 0 atom stereocenters. The van der Waals surface area contributed by atoms with Crippen LogP contribution in [0.2, 0.25) is 0 Å². The van der Waals surface area contributed by atoms with Gasteiger partial charge in [-0.15, -0.1) is 0 Å². The van der Waals surface area contributed by atoms with E-state index in [9.17, 15) is 9.59 Å². The number of hydrogen-bond acceptors (Lipinski definition) is 4. The van der Waals surface area contributed by atoms with Gasteiger partial charge in [-0.1, -0.05) is 31.0 Å². The lowest BCUT2D eigenvalue weighted by Crippen LogP contribution is -2.37. The van der Waals surface area contributed by atoms with Crippen molar-refractivity contribution in [3.05, 3.63) is 77.2 Å². The molecule has 0 aliphatic carbocycles. The van der Waals surface area contributed by atoms with Crippen molar-refractivity contribution in [3.63, 3.8) is 0 Å². The summed E-state index contributed by atoms with van der Waals surface area (Å²) in [6, 6.07) is 15.0. The normalized spacial score (nSPS) is 13.3. The zero-order valence-electron chi connectivity index (χ0n) is 22.2. The molecule has 2 heterocycles. The number of rotatable bonds is 9. The lowest BCUT2D eigenvalue weighted by molar-refractivity contribution is 0.0725. The van der Waals surface area contributed by atoms with Crippen molar-refractivity contribution < 1.29 is 14.0 Å². The van der Waals surface area contributed by atoms with Crippen LogP contribution in [0.25, 0.3) is 0 Å². The average Bonchev–Trinajstić information content (AvgIpc) is 3.41. The van der Waals surface area contributed by atoms with Crippen molar-refractivity contribution in [2.24, 2.45) is 0 Å². The van der Waals surface area contributed by atoms with E-state index >= 15 is 0 Å². The number of aryl methyl sites for hydroxylation is 2. The lowest BCUT2D eigenvalue weighted by Gasteiger charge is -2.31. The maximum absolute atomic E-state index is 13.8. The Kier molecular flexibility index (Phi) is 8.88. The zero-order valence-corrected chi connectivity index (χ0v) is 22.2. The van der Waals surface area contributed by atoms with Crippen LogP contribution in [0.5, 0.6) is 0 Å². The Morgan fingerprint density at radius 3 is 2.51 bits per heavy atom. The van der Waals surface area contributed by atoms with E-state index in [1.54, 1.807) is 6.26 Å². The Balaban J connectivity index is 1.62. The number of urea groups is 1. The third-order valence-corrected chi connectivity index (χ3v) is 6.81. The maximum atomic E-state index is 13.8. The van der Waals surface area contributed by atoms with Gasteiger partial charge >= 0.3 is 6.03 Å². The van der Waals surface area contributed by atoms with Crippen LogP contribution in [0.4, 0.5) is 21.9 Å². The number of carbonyl (C=O) groups excluding carboxylic acids is 2. The first-order valence-electron chi connectivity index (χ1n) is 13.3. The molecule has 1 saturated heterocycles. The summed E-state index contributed by atoms with van der Waals surface area (Å²) in [5.74, 6) is 0.858. The minimum absolute atomic E-state index is 0.00841. The third kappa shape index (κ3) is 6.94. The van der Waals surface area contributed by atoms with Crippen molar-refractivity contribution in [2.75, 3.05) is 35.2 Å². The van der Waals surface area contributed by atoms with Crippen LogP contribution in [-0.4, -0.2) is 36.5 Å². The molecule has 0 radical (unpaired) electrons. The molecule has 7 nitrogen and oxygen atoms in total. The summed E-state index contributed by atoms with van der Waals surface area (Å²) in [7, 11) is 0. The molecular weight excluding hydrogens is 464 g/mol. The highest BCUT2D eigenvalue weighted by Gasteiger charge is 2.24. The van der Waals surface area contributed by atoms with E-state index < -0.39 is 0 Å². The minimum atomic E-state index is -0.338. The van der Waals surface area contributed by atoms with Gasteiger partial charge in [0.1, 0.15) is 5.76 Å². The molecule has 37 heavy (non-hydrogen) atoms. The summed E-state index contributed by atoms with van der Waals surface area (Å²) in [6.07, 6.45) is 6.90. The van der Waals surface area contributed by atoms with Crippen molar-refractivity contribution >= 4 is 29.0 Å². The van der Waals surface area contributed by atoms with E-state index in [1.807, 2.05) is 67.3 Å². The Morgan fingerprint density at radius 1 is 1.00 bits per heavy atom. The summed E-state index contributed by atoms with van der Waals surface area (Å²) in [6.45, 7) is 9.05. The van der Waals surface area contributed by atoms with E-state index in [2.05, 4.69) is 22.5 Å². The SMILES string of the molecule is CCCCN(Cc1ccco1)c1ccc(NC(=O)Nc2ccc(C)cc2C)cc1C(=O)N1CCCCC1. The highest BCUT2D eigenvalue weighted by Crippen LogP contribution is 2.29. The largest absolute Gasteiger partial charge is 0.467 e. The molecule has 0 saturated carbocycles. The first-order chi connectivity index (χ1) is 17.9. The monoisotopic (exact) mass is 502 g/mol. The van der Waals surface area contributed by atoms with Crippen LogP contribution in [-0.2, 0) is 6.54 Å². The van der Waals surface area contributed by atoms with Gasteiger partial charge in [0.15, 0.2) is 0 Å². The van der Waals surface area contributed by atoms with Gasteiger partial charge < -0.3 is 24.9 Å². The van der Waals surface area contributed by atoms with Crippen LogP contribution >= 0.6 is 0 Å². The molecule has 3 amide bonds. The van der Waals surface area contributed by atoms with Gasteiger partial charge in [-0.25, -0.2) is 4.79 Å². The molecule has 2 N–H and O–H groups in total. The Morgan fingerprint density at radius 2 is 1.81 bits per heavy atom. The number of benzene rings is 2. The standard InChI is InChI=1S/C30H38N4O3/c1-4-5-15-34(21-25-10-9-18-37-25)28-14-12-24(20-26(28)29(35)33-16-7-6-8-17-33)31-30(36)32-27-13-11-22(2)19-23(27)3/h9-14,18-20H,4-8,15-17,21H2,1-3H3,(H2,31,32,36). The molecular formula is C30H38N4O3. The van der Waals surface area contributed by atoms with E-state index in [4.69, 9.17) is 4.42 Å². The van der Waals surface area contributed by atoms with E-state index in [0.29, 0.717) is 17.8 Å². The van der Waals surface area contributed by atoms with Crippen LogP contribution in [0.15, 0.2) is 59.2 Å². The van der Waals surface area contributed by atoms with Crippen LogP contribution in [0.1, 0.15) is 66.3 Å². The van der Waals surface area contributed by atoms with Crippen molar-refractivity contribution in [1.29, 1.82) is 0 Å². The van der Waals surface area contributed by atoms with E-state index in [1.165, 1.54) is 0 Å². The second-order valence-electron chi connectivity index (χ2n) is 9.84. The predicted molar refractivity (Wildman–Crippen MR) is 149 cm³/mol. The highest BCUT2D eigenvalue weighted by atomic mass is 16.3. The number of furan rings is 1. The van der Waals surface area contributed by atoms with E-state index in [-0.39, 0.29) is 11.9 Å². The highest BCUT2D eigenvalue weighted by molar-refractivity contribution is 6.04. The summed E-state index contributed by atoms with van der Waals surface area (Å²) >= 11 is 0. The molecule has 0 spiro atoms. The van der Waals surface area contributed by atoms with Crippen LogP contribution in [0, 0.1) is 13.8 Å². The Hall–Kier alpha value is -3.74. The molecule has 1 aliphatic rings. The molecule has 196 valence electrons. The topological polar surface area (TPSA) is 77.8 Å². The molecule has 1 fully saturated rings. The molecule has 2 aromatic carbocycles. The number of nitrogens with one attached hydrogen (secondary N) is 2. The second-order valence-corrected chi connectivity index (χ2v) is 9.84. The zero-order chi connectivity index (χ0) is 26.2. The summed E-state index contributed by atoms with van der Waals surface area (Å²) in [5, 5.41) is 5.85. The molecule has 3 aromatic rings. The number of unbranched alkanes of at least 4 members (excludes halogenated alkanes) is 1. The second kappa shape index (κ2) is 12.5. The number of carbonyl (C=O) groups is 2. The fourth-order valence-corrected chi connectivity index (χ4v) is 4.79. The van der Waals surface area contributed by atoms with Crippen LogP contribution in [0.3, 0.4) is 0 Å². The minimum Gasteiger partial charge on any atom is -0.467 e. The number of piperidine rings is 1. The molecule has 1 aliphatic heterocycles. The van der Waals surface area contributed by atoms with Gasteiger partial charge in [0.25, 0.3) is 5.91 Å². The number of likely N-dealkylation sites (tertiary alicyclic amines) is 1. The van der Waals surface area contributed by atoms with Crippen molar-refractivity contribution in [2.45, 2.75) is 59.4 Å². The molecule has 7 heteroatoms. The quantitative estimate of drug-likeness (QED) is 0.331. The molecule has 4 rings (SSSR count).